The van der Waals surface area contributed by atoms with Crippen LogP contribution in [0.1, 0.15) is 18.9 Å². The van der Waals surface area contributed by atoms with Gasteiger partial charge in [-0.1, -0.05) is 43.3 Å². The first kappa shape index (κ1) is 15.3. The average Bonchev–Trinajstić information content (AvgIpc) is 2.53. The maximum Gasteiger partial charge on any atom is 0.128 e. The van der Waals surface area contributed by atoms with Crippen LogP contribution in [0.3, 0.4) is 0 Å². The highest BCUT2D eigenvalue weighted by Gasteiger charge is 2.09. The van der Waals surface area contributed by atoms with Crippen LogP contribution in [-0.2, 0) is 6.42 Å². The molecule has 0 radical (unpaired) electrons. The van der Waals surface area contributed by atoms with Gasteiger partial charge in [0.2, 0.25) is 0 Å². The zero-order valence-electron chi connectivity index (χ0n) is 12.4. The number of rotatable bonds is 8. The van der Waals surface area contributed by atoms with E-state index in [1.165, 1.54) is 5.56 Å². The molecular weight excluding hydrogens is 262 g/mol. The molecule has 0 spiro atoms. The van der Waals surface area contributed by atoms with E-state index in [9.17, 15) is 5.11 Å². The van der Waals surface area contributed by atoms with Gasteiger partial charge >= 0.3 is 0 Å². The Bertz CT molecular complexity index is 531. The number of aliphatic hydroxyl groups is 1. The van der Waals surface area contributed by atoms with E-state index >= 15 is 0 Å². The van der Waals surface area contributed by atoms with Crippen molar-refractivity contribution in [1.29, 1.82) is 0 Å². The predicted octanol–water partition coefficient (Wildman–Crippen LogP) is 2.92. The van der Waals surface area contributed by atoms with Gasteiger partial charge in [0.15, 0.2) is 0 Å². The van der Waals surface area contributed by atoms with Gasteiger partial charge in [-0.3, -0.25) is 0 Å². The fraction of sp³-hybridized carbons (Fsp3) is 0.353. The molecule has 21 heavy (non-hydrogen) atoms. The van der Waals surface area contributed by atoms with Crippen LogP contribution >= 0.6 is 0 Å². The van der Waals surface area contributed by atoms with E-state index in [4.69, 9.17) is 0 Å². The van der Waals surface area contributed by atoms with Crippen molar-refractivity contribution >= 4 is 11.6 Å². The zero-order valence-corrected chi connectivity index (χ0v) is 12.4. The molecule has 0 aliphatic carbocycles. The summed E-state index contributed by atoms with van der Waals surface area (Å²) in [5.74, 6) is 1.64. The summed E-state index contributed by atoms with van der Waals surface area (Å²) in [6, 6.07) is 15.9. The Balaban J connectivity index is 1.98. The number of aromatic nitrogens is 1. The van der Waals surface area contributed by atoms with E-state index in [2.05, 4.69) is 34.7 Å². The van der Waals surface area contributed by atoms with Crippen LogP contribution < -0.4 is 10.6 Å². The second kappa shape index (κ2) is 8.27. The Morgan fingerprint density at radius 1 is 1.05 bits per heavy atom. The fourth-order valence-corrected chi connectivity index (χ4v) is 2.14. The number of hydrogen-bond acceptors (Lipinski definition) is 4. The Labute approximate surface area is 126 Å². The van der Waals surface area contributed by atoms with Crippen LogP contribution in [0.4, 0.5) is 11.6 Å². The summed E-state index contributed by atoms with van der Waals surface area (Å²) in [5.41, 5.74) is 1.20. The molecule has 0 saturated carbocycles. The van der Waals surface area contributed by atoms with Crippen LogP contribution in [0, 0.1) is 0 Å². The lowest BCUT2D eigenvalue weighted by Gasteiger charge is -2.17. The molecule has 1 atom stereocenters. The van der Waals surface area contributed by atoms with Crippen molar-refractivity contribution in [2.24, 2.45) is 0 Å². The lowest BCUT2D eigenvalue weighted by molar-refractivity contribution is 0.273. The van der Waals surface area contributed by atoms with Gasteiger partial charge in [-0.15, -0.1) is 0 Å². The predicted molar refractivity (Wildman–Crippen MR) is 87.7 cm³/mol. The fourth-order valence-electron chi connectivity index (χ4n) is 2.14. The highest BCUT2D eigenvalue weighted by Crippen LogP contribution is 2.12. The summed E-state index contributed by atoms with van der Waals surface area (Å²) in [5, 5.41) is 16.1. The highest BCUT2D eigenvalue weighted by atomic mass is 16.3. The number of nitrogens with zero attached hydrogens (tertiary/aromatic N) is 1. The van der Waals surface area contributed by atoms with E-state index in [1.807, 2.05) is 36.4 Å². The molecule has 2 aromatic rings. The first-order chi connectivity index (χ1) is 10.3. The third-order valence-electron chi connectivity index (χ3n) is 3.20. The maximum absolute atomic E-state index is 9.55. The van der Waals surface area contributed by atoms with Gasteiger partial charge in [-0.2, -0.15) is 0 Å². The van der Waals surface area contributed by atoms with Crippen molar-refractivity contribution < 1.29 is 5.11 Å². The van der Waals surface area contributed by atoms with Gasteiger partial charge in [0.25, 0.3) is 0 Å². The van der Waals surface area contributed by atoms with Crippen LogP contribution in [0.5, 0.6) is 0 Å². The average molecular weight is 285 g/mol. The Morgan fingerprint density at radius 2 is 1.81 bits per heavy atom. The molecule has 112 valence electrons. The van der Waals surface area contributed by atoms with Crippen molar-refractivity contribution in [2.45, 2.75) is 25.8 Å². The molecule has 1 unspecified atom stereocenters. The second-order valence-corrected chi connectivity index (χ2v) is 5.05. The lowest BCUT2D eigenvalue weighted by Crippen LogP contribution is -2.27. The number of anilines is 2. The minimum atomic E-state index is -0.0404. The standard InChI is InChI=1S/C17H23N3O/c1-2-11-18-16-9-6-10-17(20-16)19-15(13-21)12-14-7-4-3-5-8-14/h3-10,15,21H,2,11-13H2,1H3,(H2,18,19,20). The minimum Gasteiger partial charge on any atom is -0.394 e. The molecule has 0 amide bonds. The second-order valence-electron chi connectivity index (χ2n) is 5.05. The molecule has 1 heterocycles. The molecule has 0 aliphatic rings. The van der Waals surface area contributed by atoms with Gasteiger partial charge in [-0.05, 0) is 30.5 Å². The van der Waals surface area contributed by atoms with E-state index < -0.39 is 0 Å². The Kier molecular flexibility index (Phi) is 6.03. The molecule has 4 heteroatoms. The van der Waals surface area contributed by atoms with E-state index in [-0.39, 0.29) is 12.6 Å². The van der Waals surface area contributed by atoms with Crippen molar-refractivity contribution in [3.05, 3.63) is 54.1 Å². The largest absolute Gasteiger partial charge is 0.394 e. The summed E-state index contributed by atoms with van der Waals surface area (Å²) in [6.07, 6.45) is 1.83. The maximum atomic E-state index is 9.55. The smallest absolute Gasteiger partial charge is 0.128 e. The Hall–Kier alpha value is -2.07. The SMILES string of the molecule is CCCNc1cccc(NC(CO)Cc2ccccc2)n1. The normalized spacial score (nSPS) is 11.9. The molecule has 0 saturated heterocycles. The van der Waals surface area contributed by atoms with Gasteiger partial charge in [-0.25, -0.2) is 4.98 Å². The van der Waals surface area contributed by atoms with Crippen molar-refractivity contribution in [1.82, 2.24) is 4.98 Å². The van der Waals surface area contributed by atoms with Crippen LogP contribution in [0.2, 0.25) is 0 Å². The molecule has 3 N–H and O–H groups in total. The first-order valence-electron chi connectivity index (χ1n) is 7.44. The number of aliphatic hydroxyl groups excluding tert-OH is 1. The molecule has 1 aromatic carbocycles. The summed E-state index contributed by atoms with van der Waals surface area (Å²) >= 11 is 0. The van der Waals surface area contributed by atoms with E-state index in [0.29, 0.717) is 0 Å². The number of pyridine rings is 1. The highest BCUT2D eigenvalue weighted by molar-refractivity contribution is 5.45. The van der Waals surface area contributed by atoms with E-state index in [1.54, 1.807) is 0 Å². The number of benzene rings is 1. The van der Waals surface area contributed by atoms with Gasteiger partial charge in [0.05, 0.1) is 12.6 Å². The van der Waals surface area contributed by atoms with Crippen LogP contribution in [0.25, 0.3) is 0 Å². The number of hydrogen-bond donors (Lipinski definition) is 3. The van der Waals surface area contributed by atoms with Crippen molar-refractivity contribution in [2.75, 3.05) is 23.8 Å². The number of nitrogens with one attached hydrogen (secondary N) is 2. The molecule has 0 bridgehead atoms. The lowest BCUT2D eigenvalue weighted by atomic mass is 10.1. The van der Waals surface area contributed by atoms with Gasteiger partial charge < -0.3 is 15.7 Å². The molecule has 0 aliphatic heterocycles. The zero-order chi connectivity index (χ0) is 14.9. The van der Waals surface area contributed by atoms with Crippen LogP contribution in [-0.4, -0.2) is 29.3 Å². The Morgan fingerprint density at radius 3 is 2.52 bits per heavy atom. The third kappa shape index (κ3) is 5.08. The quantitative estimate of drug-likeness (QED) is 0.698. The van der Waals surface area contributed by atoms with E-state index in [0.717, 1.165) is 31.0 Å². The van der Waals surface area contributed by atoms with Crippen LogP contribution in [0.15, 0.2) is 48.5 Å². The van der Waals surface area contributed by atoms with Crippen molar-refractivity contribution in [3.63, 3.8) is 0 Å². The summed E-state index contributed by atoms with van der Waals surface area (Å²) in [7, 11) is 0. The molecular formula is C17H23N3O. The minimum absolute atomic E-state index is 0.0404. The molecule has 0 fully saturated rings. The molecule has 1 aromatic heterocycles. The topological polar surface area (TPSA) is 57.2 Å². The summed E-state index contributed by atoms with van der Waals surface area (Å²) in [4.78, 5) is 4.51. The summed E-state index contributed by atoms with van der Waals surface area (Å²) < 4.78 is 0. The van der Waals surface area contributed by atoms with Gasteiger partial charge in [0.1, 0.15) is 11.6 Å². The third-order valence-corrected chi connectivity index (χ3v) is 3.20. The monoisotopic (exact) mass is 285 g/mol. The van der Waals surface area contributed by atoms with Gasteiger partial charge in [0, 0.05) is 6.54 Å². The summed E-state index contributed by atoms with van der Waals surface area (Å²) in [6.45, 7) is 3.10. The molecule has 2 rings (SSSR count). The molecule has 4 nitrogen and oxygen atoms in total. The van der Waals surface area contributed by atoms with Crippen molar-refractivity contribution in [3.8, 4) is 0 Å². The first-order valence-corrected chi connectivity index (χ1v) is 7.44.